The van der Waals surface area contributed by atoms with E-state index in [0.717, 1.165) is 33.8 Å². The van der Waals surface area contributed by atoms with Crippen LogP contribution < -0.4 is 4.90 Å². The summed E-state index contributed by atoms with van der Waals surface area (Å²) in [6.45, 7) is 4.43. The van der Waals surface area contributed by atoms with Gasteiger partial charge in [0, 0.05) is 22.5 Å². The minimum absolute atomic E-state index is 0.00542. The summed E-state index contributed by atoms with van der Waals surface area (Å²) in [5, 5.41) is 11.7. The lowest BCUT2D eigenvalue weighted by molar-refractivity contribution is 0.627. The molecule has 5 aromatic rings. The van der Waals surface area contributed by atoms with E-state index in [-0.39, 0.29) is 5.41 Å². The summed E-state index contributed by atoms with van der Waals surface area (Å²) < 4.78 is 0. The van der Waals surface area contributed by atoms with Crippen molar-refractivity contribution in [1.29, 1.82) is 5.26 Å². The van der Waals surface area contributed by atoms with Crippen LogP contribution in [0.2, 0.25) is 0 Å². The maximum Gasteiger partial charge on any atom is 0.0991 e. The first-order valence-corrected chi connectivity index (χ1v) is 13.6. The molecule has 6 rings (SSSR count). The van der Waals surface area contributed by atoms with E-state index in [0.29, 0.717) is 5.56 Å². The molecule has 0 radical (unpaired) electrons. The Morgan fingerprint density at radius 2 is 1.23 bits per heavy atom. The Morgan fingerprint density at radius 3 is 1.85 bits per heavy atom. The average Bonchev–Trinajstić information content (AvgIpc) is 3.18. The van der Waals surface area contributed by atoms with Crippen LogP contribution in [0.3, 0.4) is 0 Å². The number of anilines is 2. The van der Waals surface area contributed by atoms with Crippen LogP contribution in [-0.2, 0) is 0 Å². The quantitative estimate of drug-likeness (QED) is 0.233. The summed E-state index contributed by atoms with van der Waals surface area (Å²) in [6.07, 6.45) is 11.0. The highest BCUT2D eigenvalue weighted by atomic mass is 15.1. The fourth-order valence-electron chi connectivity index (χ4n) is 5.32. The zero-order valence-electron chi connectivity index (χ0n) is 22.8. The van der Waals surface area contributed by atoms with E-state index in [9.17, 15) is 5.26 Å². The van der Waals surface area contributed by atoms with Crippen molar-refractivity contribution in [2.45, 2.75) is 13.8 Å². The van der Waals surface area contributed by atoms with Gasteiger partial charge in [-0.05, 0) is 81.6 Å². The van der Waals surface area contributed by atoms with E-state index < -0.39 is 0 Å². The molecule has 0 saturated heterocycles. The molecule has 40 heavy (non-hydrogen) atoms. The van der Waals surface area contributed by atoms with Gasteiger partial charge < -0.3 is 4.90 Å². The fourth-order valence-corrected chi connectivity index (χ4v) is 5.32. The maximum atomic E-state index is 9.25. The molecule has 0 fully saturated rings. The van der Waals surface area contributed by atoms with E-state index in [2.05, 4.69) is 146 Å². The second-order valence-corrected chi connectivity index (χ2v) is 10.7. The van der Waals surface area contributed by atoms with E-state index in [4.69, 9.17) is 0 Å². The predicted octanol–water partition coefficient (Wildman–Crippen LogP) is 10.2. The molecule has 1 aliphatic rings. The first-order valence-electron chi connectivity index (χ1n) is 13.6. The van der Waals surface area contributed by atoms with Gasteiger partial charge in [-0.1, -0.05) is 111 Å². The number of rotatable bonds is 5. The van der Waals surface area contributed by atoms with Crippen molar-refractivity contribution in [2.24, 2.45) is 5.41 Å². The molecular formula is C38H30N2. The zero-order chi connectivity index (χ0) is 27.5. The first kappa shape index (κ1) is 25.2. The number of benzene rings is 5. The number of hydrogen-bond acceptors (Lipinski definition) is 2. The minimum atomic E-state index is 0.00542. The monoisotopic (exact) mass is 514 g/mol. The summed E-state index contributed by atoms with van der Waals surface area (Å²) in [5.41, 5.74) is 8.63. The first-order chi connectivity index (χ1) is 19.5. The molecule has 0 N–H and O–H groups in total. The lowest BCUT2D eigenvalue weighted by Gasteiger charge is -2.26. The molecule has 0 spiro atoms. The molecular weight excluding hydrogens is 484 g/mol. The number of allylic oxidation sites excluding steroid dienone is 5. The van der Waals surface area contributed by atoms with Gasteiger partial charge in [0.25, 0.3) is 0 Å². The molecule has 0 aliphatic heterocycles. The Bertz CT molecular complexity index is 1790. The third-order valence-corrected chi connectivity index (χ3v) is 7.42. The Hall–Kier alpha value is -5.13. The minimum Gasteiger partial charge on any atom is -0.311 e. The number of nitrogens with zero attached hydrogens (tertiary/aromatic N) is 2. The summed E-state index contributed by atoms with van der Waals surface area (Å²) in [6, 6.07) is 42.4. The van der Waals surface area contributed by atoms with Crippen molar-refractivity contribution in [3.8, 4) is 28.3 Å². The van der Waals surface area contributed by atoms with Crippen molar-refractivity contribution in [2.75, 3.05) is 4.90 Å². The molecule has 0 amide bonds. The Balaban J connectivity index is 1.44. The van der Waals surface area contributed by atoms with Crippen LogP contribution in [0.5, 0.6) is 0 Å². The molecule has 0 aromatic heterocycles. The van der Waals surface area contributed by atoms with Gasteiger partial charge in [0.15, 0.2) is 0 Å². The molecule has 2 heteroatoms. The van der Waals surface area contributed by atoms with Crippen LogP contribution in [0.1, 0.15) is 19.4 Å². The second kappa shape index (κ2) is 10.6. The highest BCUT2D eigenvalue weighted by Crippen LogP contribution is 2.39. The van der Waals surface area contributed by atoms with Crippen molar-refractivity contribution in [1.82, 2.24) is 0 Å². The van der Waals surface area contributed by atoms with Gasteiger partial charge in [-0.25, -0.2) is 0 Å². The summed E-state index contributed by atoms with van der Waals surface area (Å²) in [4.78, 5) is 2.30. The smallest absolute Gasteiger partial charge is 0.0991 e. The Labute approximate surface area is 236 Å². The van der Waals surface area contributed by atoms with Crippen LogP contribution in [0, 0.1) is 16.7 Å². The number of nitriles is 1. The van der Waals surface area contributed by atoms with Gasteiger partial charge in [-0.15, -0.1) is 0 Å². The van der Waals surface area contributed by atoms with Crippen LogP contribution in [-0.4, -0.2) is 0 Å². The standard InChI is InChI=1S/C38H30N2/c1-38(2)25-8-13-33(24-26-38)40(32-11-4-3-5-12-32)34-22-20-30(21-23-34)36-15-7-10-31-9-6-14-35(37(31)36)29-18-16-28(27-39)17-19-29/h3-26H,1-2H3. The third-order valence-electron chi connectivity index (χ3n) is 7.42. The lowest BCUT2D eigenvalue weighted by Crippen LogP contribution is -2.15. The normalized spacial score (nSPS) is 13.9. The zero-order valence-corrected chi connectivity index (χ0v) is 22.8. The molecule has 1 aliphatic carbocycles. The van der Waals surface area contributed by atoms with Crippen LogP contribution in [0.15, 0.2) is 151 Å². The summed E-state index contributed by atoms with van der Waals surface area (Å²) >= 11 is 0. The van der Waals surface area contributed by atoms with E-state index in [1.165, 1.54) is 16.3 Å². The van der Waals surface area contributed by atoms with Crippen molar-refractivity contribution < 1.29 is 0 Å². The van der Waals surface area contributed by atoms with Crippen molar-refractivity contribution in [3.63, 3.8) is 0 Å². The fraction of sp³-hybridized carbons (Fsp3) is 0.0789. The molecule has 192 valence electrons. The summed E-state index contributed by atoms with van der Waals surface area (Å²) in [7, 11) is 0. The van der Waals surface area contributed by atoms with Gasteiger partial charge in [0.05, 0.1) is 11.6 Å². The third kappa shape index (κ3) is 4.98. The topological polar surface area (TPSA) is 27.0 Å². The van der Waals surface area contributed by atoms with Crippen LogP contribution in [0.25, 0.3) is 33.0 Å². The molecule has 0 atom stereocenters. The van der Waals surface area contributed by atoms with E-state index in [1.807, 2.05) is 24.3 Å². The number of hydrogen-bond donors (Lipinski definition) is 0. The molecule has 0 unspecified atom stereocenters. The molecule has 5 aromatic carbocycles. The van der Waals surface area contributed by atoms with Gasteiger partial charge in [-0.3, -0.25) is 0 Å². The van der Waals surface area contributed by atoms with Crippen molar-refractivity contribution >= 4 is 22.1 Å². The van der Waals surface area contributed by atoms with E-state index in [1.54, 1.807) is 0 Å². The summed E-state index contributed by atoms with van der Waals surface area (Å²) in [5.74, 6) is 0. The average molecular weight is 515 g/mol. The Morgan fingerprint density at radius 1 is 0.625 bits per heavy atom. The van der Waals surface area contributed by atoms with E-state index >= 15 is 0 Å². The predicted molar refractivity (Wildman–Crippen MR) is 168 cm³/mol. The molecule has 0 bridgehead atoms. The van der Waals surface area contributed by atoms with Crippen LogP contribution >= 0.6 is 0 Å². The molecule has 0 saturated carbocycles. The number of para-hydroxylation sites is 1. The van der Waals surface area contributed by atoms with Crippen molar-refractivity contribution in [3.05, 3.63) is 157 Å². The number of fused-ring (bicyclic) bond motifs is 1. The van der Waals surface area contributed by atoms with Gasteiger partial charge in [0.1, 0.15) is 0 Å². The SMILES string of the molecule is CC1(C)C=CC=C(N(c2ccccc2)c2ccc(-c3cccc4cccc(-c5ccc(C#N)cc5)c34)cc2)C=C1. The molecule has 2 nitrogen and oxygen atoms in total. The largest absolute Gasteiger partial charge is 0.311 e. The second-order valence-electron chi connectivity index (χ2n) is 10.7. The highest BCUT2D eigenvalue weighted by molar-refractivity contribution is 6.06. The van der Waals surface area contributed by atoms with Gasteiger partial charge in [0.2, 0.25) is 0 Å². The van der Waals surface area contributed by atoms with Gasteiger partial charge >= 0.3 is 0 Å². The molecule has 0 heterocycles. The van der Waals surface area contributed by atoms with Gasteiger partial charge in [-0.2, -0.15) is 5.26 Å². The maximum absolute atomic E-state index is 9.25. The highest BCUT2D eigenvalue weighted by Gasteiger charge is 2.17. The van der Waals surface area contributed by atoms with Crippen LogP contribution in [0.4, 0.5) is 11.4 Å². The Kier molecular flexibility index (Phi) is 6.64. The lowest BCUT2D eigenvalue weighted by atomic mass is 9.91.